The Morgan fingerprint density at radius 3 is 3.00 bits per heavy atom. The number of ether oxygens (including phenoxy) is 1. The molecule has 3 N–H and O–H groups in total. The van der Waals surface area contributed by atoms with Crippen LogP contribution >= 0.6 is 0 Å². The molecule has 2 aromatic rings. The first-order chi connectivity index (χ1) is 9.28. The molecule has 2 heterocycles. The van der Waals surface area contributed by atoms with E-state index in [0.717, 1.165) is 30.8 Å². The summed E-state index contributed by atoms with van der Waals surface area (Å²) >= 11 is 0. The molecule has 1 aromatic carbocycles. The number of rotatable bonds is 3. The van der Waals surface area contributed by atoms with Crippen LogP contribution in [0.4, 0.5) is 5.95 Å². The largest absolute Gasteiger partial charge is 0.496 e. The molecule has 3 rings (SSSR count). The third-order valence-corrected chi connectivity index (χ3v) is 3.34. The molecule has 100 valence electrons. The summed E-state index contributed by atoms with van der Waals surface area (Å²) in [6, 6.07) is 7.96. The highest BCUT2D eigenvalue weighted by atomic mass is 16.5. The van der Waals surface area contributed by atoms with E-state index >= 15 is 0 Å². The summed E-state index contributed by atoms with van der Waals surface area (Å²) in [6.07, 6.45) is 0.985. The van der Waals surface area contributed by atoms with Crippen molar-refractivity contribution in [3.63, 3.8) is 0 Å². The van der Waals surface area contributed by atoms with Crippen LogP contribution in [0, 0.1) is 0 Å². The van der Waals surface area contributed by atoms with Crippen molar-refractivity contribution < 1.29 is 4.74 Å². The van der Waals surface area contributed by atoms with Crippen LogP contribution in [-0.2, 0) is 0 Å². The molecule has 0 bridgehead atoms. The number of aromatic nitrogens is 3. The van der Waals surface area contributed by atoms with E-state index in [-0.39, 0.29) is 6.04 Å². The van der Waals surface area contributed by atoms with E-state index < -0.39 is 0 Å². The molecule has 1 unspecified atom stereocenters. The van der Waals surface area contributed by atoms with Gasteiger partial charge in [0.15, 0.2) is 5.82 Å². The molecule has 1 atom stereocenters. The fraction of sp³-hybridized carbons (Fsp3) is 0.385. The molecule has 0 spiro atoms. The Morgan fingerprint density at radius 1 is 1.42 bits per heavy atom. The number of benzene rings is 1. The molecular weight excluding hydrogens is 242 g/mol. The number of nitrogens with two attached hydrogens (primary N) is 1. The second kappa shape index (κ2) is 4.89. The minimum Gasteiger partial charge on any atom is -0.496 e. The molecule has 0 aliphatic carbocycles. The van der Waals surface area contributed by atoms with Gasteiger partial charge in [0.25, 0.3) is 0 Å². The van der Waals surface area contributed by atoms with Gasteiger partial charge in [-0.25, -0.2) is 0 Å². The molecular formula is C13H17N5O. The summed E-state index contributed by atoms with van der Waals surface area (Å²) in [6.45, 7) is 1.72. The van der Waals surface area contributed by atoms with Crippen LogP contribution in [-0.4, -0.2) is 41.4 Å². The molecule has 1 fully saturated rings. The molecule has 0 amide bonds. The highest BCUT2D eigenvalue weighted by molar-refractivity contribution is 5.64. The number of H-pyrrole nitrogens is 1. The maximum Gasteiger partial charge on any atom is 0.245 e. The Kier molecular flexibility index (Phi) is 3.08. The Balaban J connectivity index is 1.88. The highest BCUT2D eigenvalue weighted by Gasteiger charge is 2.22. The lowest BCUT2D eigenvalue weighted by molar-refractivity contribution is 0.416. The van der Waals surface area contributed by atoms with Crippen molar-refractivity contribution in [1.29, 1.82) is 0 Å². The quantitative estimate of drug-likeness (QED) is 0.860. The lowest BCUT2D eigenvalue weighted by Gasteiger charge is -2.11. The third-order valence-electron chi connectivity index (χ3n) is 3.34. The molecule has 19 heavy (non-hydrogen) atoms. The van der Waals surface area contributed by atoms with Gasteiger partial charge in [0.1, 0.15) is 5.75 Å². The molecule has 6 nitrogen and oxygen atoms in total. The third kappa shape index (κ3) is 2.26. The Bertz CT molecular complexity index is 568. The maximum absolute atomic E-state index is 5.90. The van der Waals surface area contributed by atoms with E-state index in [2.05, 4.69) is 20.1 Å². The van der Waals surface area contributed by atoms with Crippen LogP contribution in [0.3, 0.4) is 0 Å². The number of aromatic amines is 1. The molecule has 6 heteroatoms. The van der Waals surface area contributed by atoms with Crippen LogP contribution in [0.2, 0.25) is 0 Å². The average molecular weight is 259 g/mol. The molecule has 0 radical (unpaired) electrons. The lowest BCUT2D eigenvalue weighted by atomic mass is 10.2. The van der Waals surface area contributed by atoms with Crippen molar-refractivity contribution in [2.45, 2.75) is 12.5 Å². The van der Waals surface area contributed by atoms with Crippen LogP contribution in [0.25, 0.3) is 11.4 Å². The standard InChI is InChI=1S/C13H17N5O/c1-19-11-5-3-2-4-10(11)12-15-13(17-16-12)18-7-6-9(14)8-18/h2-5,9H,6-8,14H2,1H3,(H,15,16,17). The first kappa shape index (κ1) is 12.0. The number of nitrogens with one attached hydrogen (secondary N) is 1. The van der Waals surface area contributed by atoms with Crippen molar-refractivity contribution in [2.75, 3.05) is 25.1 Å². The van der Waals surface area contributed by atoms with E-state index in [9.17, 15) is 0 Å². The van der Waals surface area contributed by atoms with Gasteiger partial charge in [0, 0.05) is 19.1 Å². The second-order valence-corrected chi connectivity index (χ2v) is 4.68. The fourth-order valence-electron chi connectivity index (χ4n) is 2.32. The Morgan fingerprint density at radius 2 is 2.26 bits per heavy atom. The van der Waals surface area contributed by atoms with Gasteiger partial charge >= 0.3 is 0 Å². The summed E-state index contributed by atoms with van der Waals surface area (Å²) < 4.78 is 5.33. The predicted molar refractivity (Wildman–Crippen MR) is 73.2 cm³/mol. The first-order valence-corrected chi connectivity index (χ1v) is 6.34. The number of nitrogens with zero attached hydrogens (tertiary/aromatic N) is 3. The van der Waals surface area contributed by atoms with Crippen LogP contribution in [0.1, 0.15) is 6.42 Å². The van der Waals surface area contributed by atoms with Crippen molar-refractivity contribution >= 4 is 5.95 Å². The first-order valence-electron chi connectivity index (χ1n) is 6.34. The van der Waals surface area contributed by atoms with E-state index in [1.807, 2.05) is 24.3 Å². The highest BCUT2D eigenvalue weighted by Crippen LogP contribution is 2.28. The fourth-order valence-corrected chi connectivity index (χ4v) is 2.32. The van der Waals surface area contributed by atoms with Gasteiger partial charge in [0.2, 0.25) is 5.95 Å². The summed E-state index contributed by atoms with van der Waals surface area (Å²) in [5.41, 5.74) is 6.81. The number of hydrogen-bond donors (Lipinski definition) is 2. The molecule has 1 aliphatic heterocycles. The number of methoxy groups -OCH3 is 1. The lowest BCUT2D eigenvalue weighted by Crippen LogP contribution is -2.26. The van der Waals surface area contributed by atoms with E-state index in [1.165, 1.54) is 0 Å². The van der Waals surface area contributed by atoms with Crippen molar-refractivity contribution in [2.24, 2.45) is 5.73 Å². The summed E-state index contributed by atoms with van der Waals surface area (Å²) in [7, 11) is 1.65. The van der Waals surface area contributed by atoms with Crippen molar-refractivity contribution in [3.05, 3.63) is 24.3 Å². The van der Waals surface area contributed by atoms with Gasteiger partial charge < -0.3 is 15.4 Å². The number of anilines is 1. The number of para-hydroxylation sites is 1. The molecule has 1 aliphatic rings. The molecule has 0 saturated carbocycles. The van der Waals surface area contributed by atoms with E-state index in [1.54, 1.807) is 7.11 Å². The van der Waals surface area contributed by atoms with E-state index in [0.29, 0.717) is 11.8 Å². The Labute approximate surface area is 111 Å². The van der Waals surface area contributed by atoms with Gasteiger partial charge in [-0.1, -0.05) is 12.1 Å². The van der Waals surface area contributed by atoms with Gasteiger partial charge in [-0.3, -0.25) is 5.10 Å². The van der Waals surface area contributed by atoms with Crippen LogP contribution in [0.15, 0.2) is 24.3 Å². The van der Waals surface area contributed by atoms with Crippen LogP contribution < -0.4 is 15.4 Å². The molecule has 1 aromatic heterocycles. The maximum atomic E-state index is 5.90. The second-order valence-electron chi connectivity index (χ2n) is 4.68. The summed E-state index contributed by atoms with van der Waals surface area (Å²) in [5, 5.41) is 7.23. The SMILES string of the molecule is COc1ccccc1-c1nc(N2CCC(N)C2)n[nH]1. The van der Waals surface area contributed by atoms with E-state index in [4.69, 9.17) is 10.5 Å². The Hall–Kier alpha value is -2.08. The van der Waals surface area contributed by atoms with Gasteiger partial charge in [-0.15, -0.1) is 5.10 Å². The topological polar surface area (TPSA) is 80.1 Å². The van der Waals surface area contributed by atoms with Gasteiger partial charge in [0.05, 0.1) is 12.7 Å². The van der Waals surface area contributed by atoms with Crippen molar-refractivity contribution in [3.8, 4) is 17.1 Å². The summed E-state index contributed by atoms with van der Waals surface area (Å²) in [4.78, 5) is 6.63. The van der Waals surface area contributed by atoms with Crippen LogP contribution in [0.5, 0.6) is 5.75 Å². The van der Waals surface area contributed by atoms with Gasteiger partial charge in [-0.2, -0.15) is 4.98 Å². The summed E-state index contributed by atoms with van der Waals surface area (Å²) in [5.74, 6) is 2.20. The average Bonchev–Trinajstić information content (AvgIpc) is 3.07. The normalized spacial score (nSPS) is 18.8. The number of hydrogen-bond acceptors (Lipinski definition) is 5. The molecule has 1 saturated heterocycles. The van der Waals surface area contributed by atoms with Crippen molar-refractivity contribution in [1.82, 2.24) is 15.2 Å². The minimum atomic E-state index is 0.216. The monoisotopic (exact) mass is 259 g/mol. The zero-order chi connectivity index (χ0) is 13.2. The predicted octanol–water partition coefficient (Wildman–Crippen LogP) is 1.02. The minimum absolute atomic E-state index is 0.216. The zero-order valence-electron chi connectivity index (χ0n) is 10.8. The smallest absolute Gasteiger partial charge is 0.245 e. The van der Waals surface area contributed by atoms with Gasteiger partial charge in [-0.05, 0) is 18.6 Å². The zero-order valence-corrected chi connectivity index (χ0v) is 10.8.